The van der Waals surface area contributed by atoms with Crippen LogP contribution < -0.4 is 19.9 Å². The number of nitrogens with one attached hydrogen (secondary N) is 1. The van der Waals surface area contributed by atoms with Gasteiger partial charge < -0.3 is 19.9 Å². The van der Waals surface area contributed by atoms with Crippen molar-refractivity contribution in [2.24, 2.45) is 0 Å². The number of anilines is 3. The molecule has 0 spiro atoms. The van der Waals surface area contributed by atoms with Crippen molar-refractivity contribution in [3.8, 4) is 5.75 Å². The average Bonchev–Trinajstić information content (AvgIpc) is 3.33. The molecule has 0 unspecified atom stereocenters. The molecule has 8 heteroatoms. The number of hydrogen-bond donors (Lipinski definition) is 1. The monoisotopic (exact) mass is 417 g/mol. The maximum Gasteiger partial charge on any atom is 0.265 e. The Morgan fingerprint density at radius 2 is 1.71 bits per heavy atom. The third-order valence-corrected chi connectivity index (χ3v) is 5.59. The number of carbonyl (C=O) groups excluding carboxylic acids is 2. The summed E-state index contributed by atoms with van der Waals surface area (Å²) in [6, 6.07) is 15.0. The number of carbonyl (C=O) groups is 2. The molecule has 1 fully saturated rings. The minimum absolute atomic E-state index is 0.0199. The maximum absolute atomic E-state index is 12.8. The topological polar surface area (TPSA) is 87.7 Å². The summed E-state index contributed by atoms with van der Waals surface area (Å²) in [5.41, 5.74) is 2.23. The van der Waals surface area contributed by atoms with Gasteiger partial charge in [-0.25, -0.2) is 9.97 Å². The fourth-order valence-electron chi connectivity index (χ4n) is 4.03. The lowest BCUT2D eigenvalue weighted by Crippen LogP contribution is -2.40. The van der Waals surface area contributed by atoms with Gasteiger partial charge in [0.1, 0.15) is 5.75 Å². The Balaban J connectivity index is 1.35. The first-order chi connectivity index (χ1) is 15.2. The van der Waals surface area contributed by atoms with Crippen LogP contribution in [-0.2, 0) is 9.59 Å². The van der Waals surface area contributed by atoms with E-state index in [0.717, 1.165) is 37.0 Å². The van der Waals surface area contributed by atoms with Crippen molar-refractivity contribution < 1.29 is 14.3 Å². The molecule has 0 atom stereocenters. The molecule has 158 valence electrons. The summed E-state index contributed by atoms with van der Waals surface area (Å²) in [6.45, 7) is 2.04. The van der Waals surface area contributed by atoms with Gasteiger partial charge in [0.2, 0.25) is 5.91 Å². The van der Waals surface area contributed by atoms with E-state index in [-0.39, 0.29) is 31.4 Å². The molecule has 0 aliphatic carbocycles. The number of ether oxygens (including phenoxy) is 1. The summed E-state index contributed by atoms with van der Waals surface area (Å²) in [5, 5.41) is 2.93. The number of rotatable bonds is 5. The normalized spacial score (nSPS) is 15.7. The minimum Gasteiger partial charge on any atom is -0.482 e. The molecule has 3 heterocycles. The second-order valence-electron chi connectivity index (χ2n) is 7.68. The van der Waals surface area contributed by atoms with Gasteiger partial charge in [0, 0.05) is 26.1 Å². The van der Waals surface area contributed by atoms with Crippen LogP contribution in [0.25, 0.3) is 11.0 Å². The summed E-state index contributed by atoms with van der Waals surface area (Å²) >= 11 is 0. The predicted molar refractivity (Wildman–Crippen MR) is 119 cm³/mol. The molecule has 0 radical (unpaired) electrons. The predicted octanol–water partition coefficient (Wildman–Crippen LogP) is 2.98. The fourth-order valence-corrected chi connectivity index (χ4v) is 4.03. The summed E-state index contributed by atoms with van der Waals surface area (Å²) in [5.74, 6) is 1.47. The van der Waals surface area contributed by atoms with Gasteiger partial charge in [-0.05, 0) is 37.1 Å². The molecule has 3 aromatic rings. The average molecular weight is 417 g/mol. The third-order valence-electron chi connectivity index (χ3n) is 5.59. The highest BCUT2D eigenvalue weighted by atomic mass is 16.5. The molecule has 1 N–H and O–H groups in total. The Bertz CT molecular complexity index is 1140. The van der Waals surface area contributed by atoms with Gasteiger partial charge in [-0.15, -0.1) is 0 Å². The van der Waals surface area contributed by atoms with Gasteiger partial charge >= 0.3 is 0 Å². The van der Waals surface area contributed by atoms with E-state index in [1.54, 1.807) is 4.90 Å². The van der Waals surface area contributed by atoms with Crippen LogP contribution in [0.2, 0.25) is 0 Å². The van der Waals surface area contributed by atoms with Gasteiger partial charge in [0.15, 0.2) is 18.2 Å². The number of aromatic nitrogens is 2. The van der Waals surface area contributed by atoms with Gasteiger partial charge in [-0.2, -0.15) is 0 Å². The lowest BCUT2D eigenvalue weighted by atomic mass is 10.2. The van der Waals surface area contributed by atoms with E-state index in [4.69, 9.17) is 9.72 Å². The summed E-state index contributed by atoms with van der Waals surface area (Å²) in [4.78, 5) is 38.4. The SMILES string of the molecule is O=C(CCN1C(=O)COc2ccccc21)Nc1nc2ccccc2nc1N1CCCC1. The van der Waals surface area contributed by atoms with E-state index in [2.05, 4.69) is 15.2 Å². The molecule has 8 nitrogen and oxygen atoms in total. The Morgan fingerprint density at radius 1 is 1.00 bits per heavy atom. The van der Waals surface area contributed by atoms with Crippen molar-refractivity contribution in [1.82, 2.24) is 9.97 Å². The molecule has 2 aliphatic heterocycles. The van der Waals surface area contributed by atoms with Crippen LogP contribution in [0.1, 0.15) is 19.3 Å². The van der Waals surface area contributed by atoms with Crippen LogP contribution in [0.5, 0.6) is 5.75 Å². The standard InChI is InChI=1S/C23H23N5O3/c29-20(11-14-28-18-9-3-4-10-19(18)31-15-21(28)30)26-22-23(27-12-5-6-13-27)25-17-8-2-1-7-16(17)24-22/h1-4,7-10H,5-6,11-15H2,(H,24,26,29). The Labute approximate surface area is 179 Å². The number of benzene rings is 2. The van der Waals surface area contributed by atoms with Crippen molar-refractivity contribution >= 4 is 40.2 Å². The lowest BCUT2D eigenvalue weighted by Gasteiger charge is -2.29. The van der Waals surface area contributed by atoms with Gasteiger partial charge in [-0.3, -0.25) is 9.59 Å². The van der Waals surface area contributed by atoms with E-state index < -0.39 is 0 Å². The minimum atomic E-state index is -0.207. The zero-order chi connectivity index (χ0) is 21.2. The van der Waals surface area contributed by atoms with Crippen LogP contribution in [0.4, 0.5) is 17.3 Å². The zero-order valence-corrected chi connectivity index (χ0v) is 17.1. The van der Waals surface area contributed by atoms with Gasteiger partial charge in [0.05, 0.1) is 16.7 Å². The first-order valence-electron chi connectivity index (χ1n) is 10.5. The van der Waals surface area contributed by atoms with E-state index in [9.17, 15) is 9.59 Å². The zero-order valence-electron chi connectivity index (χ0n) is 17.1. The molecule has 1 saturated heterocycles. The van der Waals surface area contributed by atoms with Crippen LogP contribution in [0.15, 0.2) is 48.5 Å². The first kappa shape index (κ1) is 19.3. The van der Waals surface area contributed by atoms with E-state index in [1.165, 1.54) is 0 Å². The Kier molecular flexibility index (Phi) is 5.11. The molecule has 2 aliphatic rings. The highest BCUT2D eigenvalue weighted by Crippen LogP contribution is 2.32. The highest BCUT2D eigenvalue weighted by molar-refractivity contribution is 5.99. The fraction of sp³-hybridized carbons (Fsp3) is 0.304. The number of fused-ring (bicyclic) bond motifs is 2. The van der Waals surface area contributed by atoms with Crippen molar-refractivity contribution in [2.75, 3.05) is 41.4 Å². The maximum atomic E-state index is 12.8. The second kappa shape index (κ2) is 8.22. The third kappa shape index (κ3) is 3.88. The largest absolute Gasteiger partial charge is 0.482 e. The molecule has 2 amide bonds. The van der Waals surface area contributed by atoms with Crippen molar-refractivity contribution in [1.29, 1.82) is 0 Å². The Morgan fingerprint density at radius 3 is 2.52 bits per heavy atom. The number of nitrogens with zero attached hydrogens (tertiary/aromatic N) is 4. The molecule has 0 bridgehead atoms. The van der Waals surface area contributed by atoms with Crippen LogP contribution in [0.3, 0.4) is 0 Å². The van der Waals surface area contributed by atoms with Gasteiger partial charge in [0.25, 0.3) is 5.91 Å². The quantitative estimate of drug-likeness (QED) is 0.687. The van der Waals surface area contributed by atoms with E-state index in [1.807, 2.05) is 48.5 Å². The summed E-state index contributed by atoms with van der Waals surface area (Å²) < 4.78 is 5.47. The summed E-state index contributed by atoms with van der Waals surface area (Å²) in [7, 11) is 0. The molecule has 31 heavy (non-hydrogen) atoms. The molecule has 0 saturated carbocycles. The number of amides is 2. The molecular weight excluding hydrogens is 394 g/mol. The number of hydrogen-bond acceptors (Lipinski definition) is 6. The summed E-state index contributed by atoms with van der Waals surface area (Å²) in [6.07, 6.45) is 2.34. The highest BCUT2D eigenvalue weighted by Gasteiger charge is 2.26. The van der Waals surface area contributed by atoms with Gasteiger partial charge in [-0.1, -0.05) is 24.3 Å². The first-order valence-corrected chi connectivity index (χ1v) is 10.5. The second-order valence-corrected chi connectivity index (χ2v) is 7.68. The Hall–Kier alpha value is -3.68. The number of para-hydroxylation sites is 4. The van der Waals surface area contributed by atoms with E-state index >= 15 is 0 Å². The smallest absolute Gasteiger partial charge is 0.265 e. The molecular formula is C23H23N5O3. The molecule has 1 aromatic heterocycles. The molecule has 2 aromatic carbocycles. The van der Waals surface area contributed by atoms with Crippen LogP contribution in [0, 0.1) is 0 Å². The van der Waals surface area contributed by atoms with Crippen LogP contribution >= 0.6 is 0 Å². The van der Waals surface area contributed by atoms with Crippen molar-refractivity contribution in [3.05, 3.63) is 48.5 Å². The van der Waals surface area contributed by atoms with Crippen molar-refractivity contribution in [2.45, 2.75) is 19.3 Å². The van der Waals surface area contributed by atoms with E-state index in [0.29, 0.717) is 23.1 Å². The lowest BCUT2D eigenvalue weighted by molar-refractivity contribution is -0.121. The molecule has 5 rings (SSSR count). The van der Waals surface area contributed by atoms with Crippen LogP contribution in [-0.4, -0.2) is 48.0 Å². The van der Waals surface area contributed by atoms with Crippen molar-refractivity contribution in [3.63, 3.8) is 0 Å².